The van der Waals surface area contributed by atoms with Gasteiger partial charge in [-0.25, -0.2) is 4.79 Å². The molecule has 0 fully saturated rings. The number of ketones is 1. The van der Waals surface area contributed by atoms with Crippen molar-refractivity contribution in [3.05, 3.63) is 47.4 Å². The minimum absolute atomic E-state index is 0.0977. The molecule has 2 heterocycles. The zero-order valence-electron chi connectivity index (χ0n) is 12.3. The van der Waals surface area contributed by atoms with E-state index in [2.05, 4.69) is 0 Å². The standard InChI is InChI=1S/C16H15NO6/c1-17-10(6-11(18)19)12(16(21)22)15-13(17)14(20)9-5-3-2-4-8(9)7-23-15/h2-5,7,9,13,15H,6H2,1H3,(H,18,19)(H,21,22). The Balaban J connectivity index is 2.07. The number of Topliss-reactive ketones (excluding diaryl/α,β-unsaturated/α-hetero) is 1. The predicted octanol–water partition coefficient (Wildman–Crippen LogP) is 0.708. The molecule has 3 rings (SSSR count). The lowest BCUT2D eigenvalue weighted by molar-refractivity contribution is -0.137. The first-order chi connectivity index (χ1) is 10.9. The first-order valence-corrected chi connectivity index (χ1v) is 7.07. The lowest BCUT2D eigenvalue weighted by Crippen LogP contribution is -2.44. The van der Waals surface area contributed by atoms with E-state index in [1.165, 1.54) is 18.2 Å². The molecule has 3 aliphatic rings. The molecule has 0 saturated heterocycles. The van der Waals surface area contributed by atoms with Crippen LogP contribution in [0.3, 0.4) is 0 Å². The second-order valence-electron chi connectivity index (χ2n) is 5.59. The van der Waals surface area contributed by atoms with Gasteiger partial charge in [0.1, 0.15) is 6.04 Å². The first-order valence-electron chi connectivity index (χ1n) is 7.07. The molecule has 2 aliphatic heterocycles. The fraction of sp³-hybridized carbons (Fsp3) is 0.312. The summed E-state index contributed by atoms with van der Waals surface area (Å²) >= 11 is 0. The first kappa shape index (κ1) is 15.1. The van der Waals surface area contributed by atoms with Gasteiger partial charge in [0.15, 0.2) is 11.9 Å². The van der Waals surface area contributed by atoms with Gasteiger partial charge in [0, 0.05) is 18.3 Å². The fourth-order valence-corrected chi connectivity index (χ4v) is 3.24. The summed E-state index contributed by atoms with van der Waals surface area (Å²) in [4.78, 5) is 36.9. The summed E-state index contributed by atoms with van der Waals surface area (Å²) < 4.78 is 5.58. The second-order valence-corrected chi connectivity index (χ2v) is 5.59. The molecule has 0 aromatic heterocycles. The summed E-state index contributed by atoms with van der Waals surface area (Å²) in [5, 5.41) is 18.5. The van der Waals surface area contributed by atoms with Crippen molar-refractivity contribution >= 4 is 17.7 Å². The van der Waals surface area contributed by atoms with Crippen LogP contribution in [0.5, 0.6) is 0 Å². The van der Waals surface area contributed by atoms with Gasteiger partial charge in [-0.2, -0.15) is 0 Å². The Labute approximate surface area is 131 Å². The third-order valence-corrected chi connectivity index (χ3v) is 4.29. The van der Waals surface area contributed by atoms with Gasteiger partial charge in [-0.15, -0.1) is 0 Å². The van der Waals surface area contributed by atoms with Crippen LogP contribution < -0.4 is 0 Å². The zero-order chi connectivity index (χ0) is 16.7. The summed E-state index contributed by atoms with van der Waals surface area (Å²) in [5.74, 6) is -3.16. The molecular formula is C16H15NO6. The molecule has 7 nitrogen and oxygen atoms in total. The topological polar surface area (TPSA) is 104 Å². The highest BCUT2D eigenvalue weighted by atomic mass is 16.5. The number of likely N-dealkylation sites (N-methyl/N-ethyl adjacent to an activating group) is 1. The smallest absolute Gasteiger partial charge is 0.337 e. The van der Waals surface area contributed by atoms with Crippen molar-refractivity contribution in [3.63, 3.8) is 0 Å². The van der Waals surface area contributed by atoms with Crippen molar-refractivity contribution in [2.75, 3.05) is 7.05 Å². The Morgan fingerprint density at radius 2 is 2.04 bits per heavy atom. The molecule has 0 saturated carbocycles. The maximum absolute atomic E-state index is 12.9. The molecule has 0 amide bonds. The minimum Gasteiger partial charge on any atom is -0.490 e. The van der Waals surface area contributed by atoms with Gasteiger partial charge in [-0.1, -0.05) is 24.3 Å². The van der Waals surface area contributed by atoms with E-state index in [0.29, 0.717) is 5.57 Å². The number of carboxylic acids is 2. The summed E-state index contributed by atoms with van der Waals surface area (Å²) in [7, 11) is 1.53. The van der Waals surface area contributed by atoms with Crippen LogP contribution in [0, 0.1) is 5.92 Å². The molecule has 0 aromatic rings. The average molecular weight is 317 g/mol. The van der Waals surface area contributed by atoms with Gasteiger partial charge in [0.25, 0.3) is 0 Å². The Bertz CT molecular complexity index is 714. The van der Waals surface area contributed by atoms with Gasteiger partial charge < -0.3 is 19.8 Å². The largest absolute Gasteiger partial charge is 0.490 e. The highest BCUT2D eigenvalue weighted by molar-refractivity contribution is 5.98. The minimum atomic E-state index is -1.28. The van der Waals surface area contributed by atoms with Gasteiger partial charge in [0.05, 0.1) is 24.2 Å². The predicted molar refractivity (Wildman–Crippen MR) is 78.2 cm³/mol. The SMILES string of the molecule is CN1C(CC(=O)O)=C(C(=O)O)C2OC=C3C=CC=CC3C(=O)C21. The van der Waals surface area contributed by atoms with Gasteiger partial charge in [-0.05, 0) is 0 Å². The average Bonchev–Trinajstić information content (AvgIpc) is 2.67. The number of ether oxygens (including phenoxy) is 1. The molecule has 120 valence electrons. The summed E-state index contributed by atoms with van der Waals surface area (Å²) in [5.41, 5.74) is 0.585. The molecular weight excluding hydrogens is 302 g/mol. The fourth-order valence-electron chi connectivity index (χ4n) is 3.24. The highest BCUT2D eigenvalue weighted by Crippen LogP contribution is 2.38. The van der Waals surface area contributed by atoms with Crippen molar-refractivity contribution in [2.45, 2.75) is 18.6 Å². The van der Waals surface area contributed by atoms with E-state index in [4.69, 9.17) is 9.84 Å². The molecule has 2 N–H and O–H groups in total. The summed E-state index contributed by atoms with van der Waals surface area (Å²) in [6, 6.07) is -0.856. The Hall–Kier alpha value is -2.83. The lowest BCUT2D eigenvalue weighted by Gasteiger charge is -2.27. The number of hydrogen-bond donors (Lipinski definition) is 2. The Morgan fingerprint density at radius 3 is 2.70 bits per heavy atom. The molecule has 3 atom stereocenters. The third kappa shape index (κ3) is 2.34. The highest BCUT2D eigenvalue weighted by Gasteiger charge is 2.50. The number of allylic oxidation sites excluding steroid dienone is 5. The van der Waals surface area contributed by atoms with Crippen LogP contribution >= 0.6 is 0 Å². The van der Waals surface area contributed by atoms with E-state index in [1.54, 1.807) is 24.3 Å². The monoisotopic (exact) mass is 317 g/mol. The van der Waals surface area contributed by atoms with Crippen molar-refractivity contribution < 1.29 is 29.3 Å². The number of rotatable bonds is 3. The van der Waals surface area contributed by atoms with Crippen LogP contribution in [-0.2, 0) is 19.1 Å². The number of carboxylic acid groups (broad SMARTS) is 2. The molecule has 1 aliphatic carbocycles. The van der Waals surface area contributed by atoms with Crippen LogP contribution in [0.25, 0.3) is 0 Å². The van der Waals surface area contributed by atoms with Crippen LogP contribution in [0.1, 0.15) is 6.42 Å². The second kappa shape index (κ2) is 5.42. The zero-order valence-corrected chi connectivity index (χ0v) is 12.3. The van der Waals surface area contributed by atoms with Gasteiger partial charge in [-0.3, -0.25) is 9.59 Å². The van der Waals surface area contributed by atoms with E-state index in [9.17, 15) is 19.5 Å². The third-order valence-electron chi connectivity index (χ3n) is 4.29. The Morgan fingerprint density at radius 1 is 1.30 bits per heavy atom. The van der Waals surface area contributed by atoms with E-state index in [-0.39, 0.29) is 17.1 Å². The van der Waals surface area contributed by atoms with Crippen LogP contribution in [0.4, 0.5) is 0 Å². The van der Waals surface area contributed by atoms with E-state index >= 15 is 0 Å². The Kier molecular flexibility index (Phi) is 3.55. The number of nitrogens with zero attached hydrogens (tertiary/aromatic N) is 1. The molecule has 0 radical (unpaired) electrons. The number of carbonyl (C=O) groups is 3. The lowest BCUT2D eigenvalue weighted by atomic mass is 9.87. The molecule has 0 spiro atoms. The maximum atomic E-state index is 12.9. The number of carbonyl (C=O) groups excluding carboxylic acids is 1. The normalized spacial score (nSPS) is 28.7. The van der Waals surface area contributed by atoms with E-state index in [1.807, 2.05) is 0 Å². The molecule has 0 aromatic carbocycles. The van der Waals surface area contributed by atoms with Crippen LogP contribution in [-0.4, -0.2) is 52.0 Å². The van der Waals surface area contributed by atoms with Gasteiger partial charge >= 0.3 is 11.9 Å². The summed E-state index contributed by atoms with van der Waals surface area (Å²) in [6.07, 6.45) is 6.90. The summed E-state index contributed by atoms with van der Waals surface area (Å²) in [6.45, 7) is 0. The number of aliphatic carboxylic acids is 2. The van der Waals surface area contributed by atoms with Gasteiger partial charge in [0.2, 0.25) is 0 Å². The van der Waals surface area contributed by atoms with Crippen molar-refractivity contribution in [1.82, 2.24) is 4.90 Å². The maximum Gasteiger partial charge on any atom is 0.337 e. The number of hydrogen-bond acceptors (Lipinski definition) is 5. The molecule has 23 heavy (non-hydrogen) atoms. The van der Waals surface area contributed by atoms with Crippen molar-refractivity contribution in [3.8, 4) is 0 Å². The molecule has 3 unspecified atom stereocenters. The van der Waals surface area contributed by atoms with Crippen LogP contribution in [0.2, 0.25) is 0 Å². The number of fused-ring (bicyclic) bond motifs is 2. The van der Waals surface area contributed by atoms with Crippen molar-refractivity contribution in [2.24, 2.45) is 5.92 Å². The van der Waals surface area contributed by atoms with Crippen LogP contribution in [0.15, 0.2) is 47.4 Å². The molecule has 7 heteroatoms. The molecule has 0 bridgehead atoms. The quantitative estimate of drug-likeness (QED) is 0.790. The van der Waals surface area contributed by atoms with Crippen molar-refractivity contribution in [1.29, 1.82) is 0 Å². The van der Waals surface area contributed by atoms with E-state index < -0.39 is 36.4 Å². The van der Waals surface area contributed by atoms with E-state index in [0.717, 1.165) is 0 Å².